The second kappa shape index (κ2) is 4.51. The van der Waals surface area contributed by atoms with Crippen molar-refractivity contribution >= 4 is 16.6 Å². The topological polar surface area (TPSA) is 85.5 Å². The Hall–Kier alpha value is -2.58. The normalized spacial score (nSPS) is 11.6. The maximum Gasteiger partial charge on any atom is 0.433 e. The van der Waals surface area contributed by atoms with Gasteiger partial charge in [0.05, 0.1) is 23.5 Å². The molecule has 0 unspecified atom stereocenters. The molecule has 0 aliphatic rings. The van der Waals surface area contributed by atoms with Gasteiger partial charge in [0.25, 0.3) is 5.69 Å². The van der Waals surface area contributed by atoms with Gasteiger partial charge in [0.1, 0.15) is 17.2 Å². The van der Waals surface area contributed by atoms with Gasteiger partial charge in [-0.3, -0.25) is 10.1 Å². The lowest BCUT2D eigenvalue weighted by Gasteiger charge is -2.09. The third-order valence-corrected chi connectivity index (χ3v) is 2.57. The fourth-order valence-electron chi connectivity index (χ4n) is 1.67. The number of benzene rings is 1. The summed E-state index contributed by atoms with van der Waals surface area (Å²) in [6.07, 6.45) is -4.82. The molecule has 1 heterocycles. The van der Waals surface area contributed by atoms with Gasteiger partial charge in [0.15, 0.2) is 5.52 Å². The molecule has 0 aliphatic carbocycles. The van der Waals surface area contributed by atoms with Crippen LogP contribution in [0.3, 0.4) is 0 Å². The van der Waals surface area contributed by atoms with E-state index < -0.39 is 33.7 Å². The van der Waals surface area contributed by atoms with E-state index in [0.717, 1.165) is 6.07 Å². The predicted octanol–water partition coefficient (Wildman–Crippen LogP) is 2.88. The van der Waals surface area contributed by atoms with E-state index in [1.54, 1.807) is 0 Å². The van der Waals surface area contributed by atoms with Gasteiger partial charge in [0, 0.05) is 6.07 Å². The Morgan fingerprint density at radius 1 is 1.35 bits per heavy atom. The minimum atomic E-state index is -4.82. The van der Waals surface area contributed by atoms with Gasteiger partial charge >= 0.3 is 6.18 Å². The van der Waals surface area contributed by atoms with E-state index in [9.17, 15) is 28.4 Å². The van der Waals surface area contributed by atoms with E-state index in [0.29, 0.717) is 6.07 Å². The molecule has 0 saturated heterocycles. The van der Waals surface area contributed by atoms with Crippen LogP contribution in [0.25, 0.3) is 10.9 Å². The molecule has 106 valence electrons. The summed E-state index contributed by atoms with van der Waals surface area (Å²) in [6, 6.07) is 2.52. The van der Waals surface area contributed by atoms with Crippen LogP contribution in [0.5, 0.6) is 11.5 Å². The number of methoxy groups -OCH3 is 1. The molecule has 0 amide bonds. The summed E-state index contributed by atoms with van der Waals surface area (Å²) >= 11 is 0. The lowest BCUT2D eigenvalue weighted by atomic mass is 10.1. The number of halogens is 3. The first-order valence-electron chi connectivity index (χ1n) is 5.17. The van der Waals surface area contributed by atoms with Crippen molar-refractivity contribution in [1.29, 1.82) is 0 Å². The molecule has 0 atom stereocenters. The molecule has 0 aliphatic heterocycles. The van der Waals surface area contributed by atoms with Crippen molar-refractivity contribution in [3.63, 3.8) is 0 Å². The zero-order chi connectivity index (χ0) is 15.1. The third-order valence-electron chi connectivity index (χ3n) is 2.57. The Balaban J connectivity index is 2.88. The Morgan fingerprint density at radius 2 is 2.00 bits per heavy atom. The summed E-state index contributed by atoms with van der Waals surface area (Å²) in [5, 5.41) is 20.3. The van der Waals surface area contributed by atoms with Crippen LogP contribution in [0, 0.1) is 10.1 Å². The SMILES string of the molecule is COc1cc([N+](=O)[O-])c2nc(C(F)(F)F)cc(O)c2c1. The Morgan fingerprint density at radius 3 is 2.50 bits per heavy atom. The van der Waals surface area contributed by atoms with Crippen LogP contribution in [0.2, 0.25) is 0 Å². The molecule has 6 nitrogen and oxygen atoms in total. The quantitative estimate of drug-likeness (QED) is 0.678. The molecule has 2 rings (SSSR count). The van der Waals surface area contributed by atoms with Crippen LogP contribution < -0.4 is 4.74 Å². The number of aromatic nitrogens is 1. The van der Waals surface area contributed by atoms with Crippen molar-refractivity contribution < 1.29 is 27.9 Å². The van der Waals surface area contributed by atoms with Crippen molar-refractivity contribution in [1.82, 2.24) is 4.98 Å². The van der Waals surface area contributed by atoms with Gasteiger partial charge in [-0.2, -0.15) is 13.2 Å². The van der Waals surface area contributed by atoms with Gasteiger partial charge in [-0.15, -0.1) is 0 Å². The Bertz CT molecular complexity index is 700. The summed E-state index contributed by atoms with van der Waals surface area (Å²) in [5.41, 5.74) is -2.64. The third kappa shape index (κ3) is 2.29. The van der Waals surface area contributed by atoms with Gasteiger partial charge in [0.2, 0.25) is 0 Å². The molecule has 1 N–H and O–H groups in total. The summed E-state index contributed by atoms with van der Waals surface area (Å²) in [6.45, 7) is 0. The van der Waals surface area contributed by atoms with Crippen molar-refractivity contribution in [3.05, 3.63) is 34.0 Å². The number of fused-ring (bicyclic) bond motifs is 1. The molecule has 1 aromatic heterocycles. The average Bonchev–Trinajstić information content (AvgIpc) is 2.36. The molecule has 0 bridgehead atoms. The molecule has 2 aromatic rings. The van der Waals surface area contributed by atoms with Gasteiger partial charge in [-0.25, -0.2) is 4.98 Å². The summed E-state index contributed by atoms with van der Waals surface area (Å²) in [4.78, 5) is 13.2. The van der Waals surface area contributed by atoms with E-state index >= 15 is 0 Å². The Kier molecular flexibility index (Phi) is 3.12. The highest BCUT2D eigenvalue weighted by Gasteiger charge is 2.34. The minimum Gasteiger partial charge on any atom is -0.507 e. The van der Waals surface area contributed by atoms with Crippen molar-refractivity contribution in [2.75, 3.05) is 7.11 Å². The number of nitro benzene ring substituents is 1. The maximum atomic E-state index is 12.6. The number of nitro groups is 1. The minimum absolute atomic E-state index is 0.0288. The van der Waals surface area contributed by atoms with Crippen LogP contribution in [0.15, 0.2) is 18.2 Å². The molecule has 0 radical (unpaired) electrons. The number of alkyl halides is 3. The molecule has 9 heteroatoms. The molecule has 1 aromatic carbocycles. The first-order valence-corrected chi connectivity index (χ1v) is 5.17. The number of pyridine rings is 1. The van der Waals surface area contributed by atoms with Gasteiger partial charge in [-0.1, -0.05) is 0 Å². The number of ether oxygens (including phenoxy) is 1. The molecule has 0 spiro atoms. The van der Waals surface area contributed by atoms with Crippen molar-refractivity contribution in [2.24, 2.45) is 0 Å². The van der Waals surface area contributed by atoms with Crippen LogP contribution in [0.1, 0.15) is 5.69 Å². The molecular weight excluding hydrogens is 281 g/mol. The van der Waals surface area contributed by atoms with Crippen molar-refractivity contribution in [3.8, 4) is 11.5 Å². The lowest BCUT2D eigenvalue weighted by Crippen LogP contribution is -2.08. The summed E-state index contributed by atoms with van der Waals surface area (Å²) in [7, 11) is 1.24. The fourth-order valence-corrected chi connectivity index (χ4v) is 1.67. The molecular formula is C11H7F3N2O4. The van der Waals surface area contributed by atoms with Crippen LogP contribution in [-0.2, 0) is 6.18 Å². The zero-order valence-electron chi connectivity index (χ0n) is 9.93. The van der Waals surface area contributed by atoms with E-state index in [2.05, 4.69) is 4.98 Å². The number of aromatic hydroxyl groups is 1. The highest BCUT2D eigenvalue weighted by atomic mass is 19.4. The predicted molar refractivity (Wildman–Crippen MR) is 61.6 cm³/mol. The monoisotopic (exact) mass is 288 g/mol. The standard InChI is InChI=1S/C11H7F3N2O4/c1-20-5-2-6-8(17)4-9(11(12,13)14)15-10(6)7(3-5)16(18)19/h2-4H,1H3,(H,15,17). The number of non-ortho nitro benzene ring substituents is 1. The fraction of sp³-hybridized carbons (Fsp3) is 0.182. The molecule has 0 fully saturated rings. The van der Waals surface area contributed by atoms with E-state index in [-0.39, 0.29) is 11.1 Å². The maximum absolute atomic E-state index is 12.6. The molecule has 0 saturated carbocycles. The lowest BCUT2D eigenvalue weighted by molar-refractivity contribution is -0.383. The zero-order valence-corrected chi connectivity index (χ0v) is 9.93. The van der Waals surface area contributed by atoms with E-state index in [1.165, 1.54) is 13.2 Å². The van der Waals surface area contributed by atoms with E-state index in [1.807, 2.05) is 0 Å². The Labute approximate surface area is 109 Å². The summed E-state index contributed by atoms with van der Waals surface area (Å²) < 4.78 is 42.6. The smallest absolute Gasteiger partial charge is 0.433 e. The number of hydrogen-bond donors (Lipinski definition) is 1. The summed E-state index contributed by atoms with van der Waals surface area (Å²) in [5.74, 6) is -0.731. The second-order valence-corrected chi connectivity index (χ2v) is 3.82. The molecule has 20 heavy (non-hydrogen) atoms. The van der Waals surface area contributed by atoms with Crippen LogP contribution in [-0.4, -0.2) is 22.1 Å². The van der Waals surface area contributed by atoms with E-state index in [4.69, 9.17) is 4.74 Å². The van der Waals surface area contributed by atoms with Gasteiger partial charge < -0.3 is 9.84 Å². The van der Waals surface area contributed by atoms with Crippen molar-refractivity contribution in [2.45, 2.75) is 6.18 Å². The first kappa shape index (κ1) is 13.8. The number of nitrogens with zero attached hydrogens (tertiary/aromatic N) is 2. The number of hydrogen-bond acceptors (Lipinski definition) is 5. The van der Waals surface area contributed by atoms with Crippen LogP contribution in [0.4, 0.5) is 18.9 Å². The largest absolute Gasteiger partial charge is 0.507 e. The van der Waals surface area contributed by atoms with Gasteiger partial charge in [-0.05, 0) is 6.07 Å². The highest BCUT2D eigenvalue weighted by Crippen LogP contribution is 2.38. The first-order chi connectivity index (χ1) is 9.24. The number of rotatable bonds is 2. The highest BCUT2D eigenvalue weighted by molar-refractivity contribution is 5.93. The second-order valence-electron chi connectivity index (χ2n) is 3.82. The van der Waals surface area contributed by atoms with Crippen LogP contribution >= 0.6 is 0 Å². The average molecular weight is 288 g/mol.